The Morgan fingerprint density at radius 1 is 1.33 bits per heavy atom. The van der Waals surface area contributed by atoms with Crippen LogP contribution in [0.4, 0.5) is 0 Å². The van der Waals surface area contributed by atoms with E-state index in [1.54, 1.807) is 7.11 Å². The maximum atomic E-state index is 6.51. The van der Waals surface area contributed by atoms with Gasteiger partial charge in [0.1, 0.15) is 17.1 Å². The van der Waals surface area contributed by atoms with Crippen molar-refractivity contribution in [2.45, 2.75) is 57.6 Å². The standard InChI is InChI=1S/C18H27NO2/c1-4-13-8-9-18(11-13)12-16(19-5-2)15-7-6-14(20-3)10-17(15)21-18/h6-7,10,13,16,19H,4-5,8-9,11-12H2,1-3H3. The molecular weight excluding hydrogens is 262 g/mol. The molecule has 1 N–H and O–H groups in total. The van der Waals surface area contributed by atoms with E-state index in [0.717, 1.165) is 30.4 Å². The predicted octanol–water partition coefficient (Wildman–Crippen LogP) is 4.08. The molecule has 1 saturated carbocycles. The van der Waals surface area contributed by atoms with E-state index < -0.39 is 0 Å². The number of hydrogen-bond acceptors (Lipinski definition) is 3. The van der Waals surface area contributed by atoms with Crippen LogP contribution in [0.15, 0.2) is 18.2 Å². The Labute approximate surface area is 128 Å². The Bertz CT molecular complexity index is 502. The van der Waals surface area contributed by atoms with Crippen molar-refractivity contribution in [1.82, 2.24) is 5.32 Å². The molecule has 3 rings (SSSR count). The Morgan fingerprint density at radius 2 is 2.19 bits per heavy atom. The molecular formula is C18H27NO2. The van der Waals surface area contributed by atoms with Crippen LogP contribution in [-0.4, -0.2) is 19.3 Å². The maximum Gasteiger partial charge on any atom is 0.128 e. The fourth-order valence-corrected chi connectivity index (χ4v) is 4.03. The molecule has 1 heterocycles. The van der Waals surface area contributed by atoms with Gasteiger partial charge >= 0.3 is 0 Å². The minimum absolute atomic E-state index is 0.0346. The largest absolute Gasteiger partial charge is 0.497 e. The summed E-state index contributed by atoms with van der Waals surface area (Å²) in [4.78, 5) is 0. The Kier molecular flexibility index (Phi) is 4.12. The predicted molar refractivity (Wildman–Crippen MR) is 85.0 cm³/mol. The molecule has 2 aliphatic rings. The molecule has 0 saturated heterocycles. The van der Waals surface area contributed by atoms with Crippen LogP contribution >= 0.6 is 0 Å². The first-order chi connectivity index (χ1) is 10.2. The quantitative estimate of drug-likeness (QED) is 0.906. The fourth-order valence-electron chi connectivity index (χ4n) is 4.03. The summed E-state index contributed by atoms with van der Waals surface area (Å²) in [7, 11) is 1.71. The molecule has 1 aromatic carbocycles. The third-order valence-corrected chi connectivity index (χ3v) is 5.20. The summed E-state index contributed by atoms with van der Waals surface area (Å²) >= 11 is 0. The van der Waals surface area contributed by atoms with Crippen LogP contribution in [0.5, 0.6) is 11.5 Å². The highest BCUT2D eigenvalue weighted by Crippen LogP contribution is 2.50. The van der Waals surface area contributed by atoms with Gasteiger partial charge in [-0.05, 0) is 37.8 Å². The SMILES string of the molecule is CCNC1CC2(CCC(CC)C2)Oc2cc(OC)ccc21. The van der Waals surface area contributed by atoms with E-state index in [4.69, 9.17) is 9.47 Å². The number of ether oxygens (including phenoxy) is 2. The fraction of sp³-hybridized carbons (Fsp3) is 0.667. The van der Waals surface area contributed by atoms with Gasteiger partial charge in [0.15, 0.2) is 0 Å². The van der Waals surface area contributed by atoms with Crippen LogP contribution in [0.1, 0.15) is 57.6 Å². The second kappa shape index (κ2) is 5.88. The van der Waals surface area contributed by atoms with Gasteiger partial charge < -0.3 is 14.8 Å². The average molecular weight is 289 g/mol. The number of methoxy groups -OCH3 is 1. The summed E-state index contributed by atoms with van der Waals surface area (Å²) in [6.45, 7) is 5.46. The van der Waals surface area contributed by atoms with Crippen molar-refractivity contribution in [2.24, 2.45) is 5.92 Å². The van der Waals surface area contributed by atoms with E-state index in [-0.39, 0.29) is 5.60 Å². The molecule has 1 fully saturated rings. The maximum absolute atomic E-state index is 6.51. The van der Waals surface area contributed by atoms with Crippen molar-refractivity contribution in [1.29, 1.82) is 0 Å². The molecule has 1 aromatic rings. The molecule has 1 spiro atoms. The topological polar surface area (TPSA) is 30.5 Å². The van der Waals surface area contributed by atoms with E-state index >= 15 is 0 Å². The molecule has 3 unspecified atom stereocenters. The number of nitrogens with one attached hydrogen (secondary N) is 1. The summed E-state index contributed by atoms with van der Waals surface area (Å²) in [5.41, 5.74) is 1.32. The Balaban J connectivity index is 1.92. The van der Waals surface area contributed by atoms with E-state index in [2.05, 4.69) is 31.3 Å². The number of benzene rings is 1. The second-order valence-electron chi connectivity index (χ2n) is 6.52. The van der Waals surface area contributed by atoms with Crippen molar-refractivity contribution in [3.63, 3.8) is 0 Å². The van der Waals surface area contributed by atoms with Gasteiger partial charge in [0, 0.05) is 24.1 Å². The van der Waals surface area contributed by atoms with Crippen molar-refractivity contribution >= 4 is 0 Å². The molecule has 0 radical (unpaired) electrons. The summed E-state index contributed by atoms with van der Waals surface area (Å²) in [6, 6.07) is 6.65. The molecule has 3 heteroatoms. The van der Waals surface area contributed by atoms with Gasteiger partial charge in [0.2, 0.25) is 0 Å². The first kappa shape index (κ1) is 14.7. The smallest absolute Gasteiger partial charge is 0.128 e. The first-order valence-corrected chi connectivity index (χ1v) is 8.30. The lowest BCUT2D eigenvalue weighted by Gasteiger charge is -2.40. The number of hydrogen-bond donors (Lipinski definition) is 1. The summed E-state index contributed by atoms with van der Waals surface area (Å²) in [6.07, 6.45) is 6.04. The summed E-state index contributed by atoms with van der Waals surface area (Å²) in [5.74, 6) is 2.72. The molecule has 0 aromatic heterocycles. The van der Waals surface area contributed by atoms with Crippen molar-refractivity contribution in [2.75, 3.05) is 13.7 Å². The molecule has 3 nitrogen and oxygen atoms in total. The lowest BCUT2D eigenvalue weighted by molar-refractivity contribution is 0.0328. The third-order valence-electron chi connectivity index (χ3n) is 5.20. The van der Waals surface area contributed by atoms with Gasteiger partial charge in [0.25, 0.3) is 0 Å². The van der Waals surface area contributed by atoms with E-state index in [1.165, 1.54) is 31.2 Å². The second-order valence-corrected chi connectivity index (χ2v) is 6.52. The van der Waals surface area contributed by atoms with Crippen LogP contribution in [0.2, 0.25) is 0 Å². The highest BCUT2D eigenvalue weighted by atomic mass is 16.5. The Morgan fingerprint density at radius 3 is 2.86 bits per heavy atom. The van der Waals surface area contributed by atoms with E-state index in [9.17, 15) is 0 Å². The zero-order chi connectivity index (χ0) is 14.9. The molecule has 21 heavy (non-hydrogen) atoms. The van der Waals surface area contributed by atoms with Crippen molar-refractivity contribution in [3.05, 3.63) is 23.8 Å². The number of fused-ring (bicyclic) bond motifs is 1. The molecule has 116 valence electrons. The average Bonchev–Trinajstić information content (AvgIpc) is 2.89. The van der Waals surface area contributed by atoms with Crippen LogP contribution in [0, 0.1) is 5.92 Å². The van der Waals surface area contributed by atoms with Crippen LogP contribution < -0.4 is 14.8 Å². The van der Waals surface area contributed by atoms with Crippen molar-refractivity contribution < 1.29 is 9.47 Å². The van der Waals surface area contributed by atoms with Crippen LogP contribution in [0.25, 0.3) is 0 Å². The third kappa shape index (κ3) is 2.76. The highest BCUT2D eigenvalue weighted by molar-refractivity contribution is 5.44. The molecule has 3 atom stereocenters. The molecule has 0 amide bonds. The van der Waals surface area contributed by atoms with Gasteiger partial charge in [-0.15, -0.1) is 0 Å². The van der Waals surface area contributed by atoms with Gasteiger partial charge in [-0.2, -0.15) is 0 Å². The summed E-state index contributed by atoms with van der Waals surface area (Å²) < 4.78 is 11.9. The lowest BCUT2D eigenvalue weighted by atomic mass is 9.85. The van der Waals surface area contributed by atoms with Crippen LogP contribution in [-0.2, 0) is 0 Å². The molecule has 1 aliphatic carbocycles. The van der Waals surface area contributed by atoms with Gasteiger partial charge in [-0.3, -0.25) is 0 Å². The van der Waals surface area contributed by atoms with Crippen LogP contribution in [0.3, 0.4) is 0 Å². The zero-order valence-corrected chi connectivity index (χ0v) is 13.4. The Hall–Kier alpha value is -1.22. The van der Waals surface area contributed by atoms with E-state index in [1.807, 2.05) is 6.07 Å². The minimum atomic E-state index is 0.0346. The van der Waals surface area contributed by atoms with Gasteiger partial charge in [0.05, 0.1) is 7.11 Å². The molecule has 0 bridgehead atoms. The zero-order valence-electron chi connectivity index (χ0n) is 13.4. The highest BCUT2D eigenvalue weighted by Gasteiger charge is 2.45. The van der Waals surface area contributed by atoms with E-state index in [0.29, 0.717) is 6.04 Å². The minimum Gasteiger partial charge on any atom is -0.497 e. The number of rotatable bonds is 4. The molecule has 1 aliphatic heterocycles. The lowest BCUT2D eigenvalue weighted by Crippen LogP contribution is -2.42. The van der Waals surface area contributed by atoms with Crippen molar-refractivity contribution in [3.8, 4) is 11.5 Å². The summed E-state index contributed by atoms with van der Waals surface area (Å²) in [5, 5.41) is 3.64. The normalized spacial score (nSPS) is 31.0. The monoisotopic (exact) mass is 289 g/mol. The van der Waals surface area contributed by atoms with Gasteiger partial charge in [-0.25, -0.2) is 0 Å². The first-order valence-electron chi connectivity index (χ1n) is 8.30. The van der Waals surface area contributed by atoms with Gasteiger partial charge in [-0.1, -0.05) is 26.3 Å².